The molecule has 1 aliphatic rings. The van der Waals surface area contributed by atoms with Gasteiger partial charge in [0.15, 0.2) is 0 Å². The summed E-state index contributed by atoms with van der Waals surface area (Å²) in [6.07, 6.45) is 0.873. The maximum Gasteiger partial charge on any atom is 0.216 e. The van der Waals surface area contributed by atoms with Crippen LogP contribution in [0.15, 0.2) is 24.3 Å². The molecule has 0 radical (unpaired) electrons. The Labute approximate surface area is 117 Å². The van der Waals surface area contributed by atoms with E-state index in [1.807, 2.05) is 0 Å². The molecule has 2 N–H and O–H groups in total. The van der Waals surface area contributed by atoms with Crippen molar-refractivity contribution < 1.29 is 22.7 Å². The maximum absolute atomic E-state index is 12.8. The number of rotatable bonds is 5. The monoisotopic (exact) mass is 303 g/mol. The zero-order valence-electron chi connectivity index (χ0n) is 11.0. The van der Waals surface area contributed by atoms with Crippen LogP contribution < -0.4 is 4.72 Å². The normalized spacial score (nSPS) is 18.9. The molecule has 0 aromatic heterocycles. The molecule has 1 aliphatic heterocycles. The van der Waals surface area contributed by atoms with Gasteiger partial charge in [0.05, 0.1) is 17.9 Å². The summed E-state index contributed by atoms with van der Waals surface area (Å²) in [5, 5.41) is 9.48. The Kier molecular flexibility index (Phi) is 4.74. The van der Waals surface area contributed by atoms with Gasteiger partial charge in [0.25, 0.3) is 0 Å². The van der Waals surface area contributed by atoms with Crippen LogP contribution in [-0.4, -0.2) is 38.9 Å². The summed E-state index contributed by atoms with van der Waals surface area (Å²) in [5.74, 6) is -0.647. The molecule has 5 nitrogen and oxygen atoms in total. The summed E-state index contributed by atoms with van der Waals surface area (Å²) in [6.45, 7) is 0.568. The average Bonchev–Trinajstić information content (AvgIpc) is 2.41. The molecular formula is C13H18FNO4S. The van der Waals surface area contributed by atoms with Gasteiger partial charge in [-0.3, -0.25) is 0 Å². The van der Waals surface area contributed by atoms with Gasteiger partial charge in [0.1, 0.15) is 5.82 Å². The average molecular weight is 303 g/mol. The maximum atomic E-state index is 12.8. The summed E-state index contributed by atoms with van der Waals surface area (Å²) in [4.78, 5) is 0. The highest BCUT2D eigenvalue weighted by Gasteiger charge is 2.35. The van der Waals surface area contributed by atoms with Crippen LogP contribution in [0, 0.1) is 5.82 Å². The molecule has 1 saturated heterocycles. The Bertz CT molecular complexity index is 538. The zero-order chi connectivity index (χ0) is 14.6. The second kappa shape index (κ2) is 6.17. The quantitative estimate of drug-likeness (QED) is 0.843. The molecule has 1 heterocycles. The van der Waals surface area contributed by atoms with Gasteiger partial charge in [-0.15, -0.1) is 0 Å². The first-order chi connectivity index (χ1) is 9.45. The van der Waals surface area contributed by atoms with Gasteiger partial charge in [0, 0.05) is 13.2 Å². The molecule has 2 rings (SSSR count). The number of benzene rings is 1. The van der Waals surface area contributed by atoms with E-state index in [4.69, 9.17) is 4.74 Å². The van der Waals surface area contributed by atoms with Crippen molar-refractivity contribution in [1.82, 2.24) is 4.72 Å². The predicted octanol–water partition coefficient (Wildman–Crippen LogP) is 0.787. The molecule has 0 atom stereocenters. The van der Waals surface area contributed by atoms with Crippen LogP contribution in [0.4, 0.5) is 4.39 Å². The van der Waals surface area contributed by atoms with Crippen LogP contribution in [0.2, 0.25) is 0 Å². The standard InChI is InChI=1S/C13H18FNO4S/c14-12-3-1-11(2-4-12)9-20(17,18)15-13(10-16)5-7-19-8-6-13/h1-4,15-16H,5-10H2. The lowest BCUT2D eigenvalue weighted by molar-refractivity contribution is 0.0222. The minimum absolute atomic E-state index is 0.240. The van der Waals surface area contributed by atoms with E-state index in [9.17, 15) is 17.9 Å². The molecule has 0 bridgehead atoms. The summed E-state index contributed by atoms with van der Waals surface area (Å²) in [5.41, 5.74) is -0.351. The van der Waals surface area contributed by atoms with Crippen LogP contribution in [0.3, 0.4) is 0 Å². The van der Waals surface area contributed by atoms with Crippen molar-refractivity contribution in [2.24, 2.45) is 0 Å². The molecule has 0 aliphatic carbocycles. The van der Waals surface area contributed by atoms with Gasteiger partial charge in [-0.05, 0) is 30.5 Å². The number of hydrogen-bond donors (Lipinski definition) is 2. The summed E-state index contributed by atoms with van der Waals surface area (Å²) in [7, 11) is -3.61. The van der Waals surface area contributed by atoms with E-state index in [1.54, 1.807) is 0 Å². The Morgan fingerprint density at radius 2 is 1.85 bits per heavy atom. The smallest absolute Gasteiger partial charge is 0.216 e. The molecule has 0 spiro atoms. The van der Waals surface area contributed by atoms with E-state index in [-0.39, 0.29) is 12.4 Å². The molecule has 0 unspecified atom stereocenters. The van der Waals surface area contributed by atoms with E-state index in [1.165, 1.54) is 24.3 Å². The third-order valence-corrected chi connectivity index (χ3v) is 4.85. The van der Waals surface area contributed by atoms with Crippen molar-refractivity contribution in [3.8, 4) is 0 Å². The van der Waals surface area contributed by atoms with E-state index in [2.05, 4.69) is 4.72 Å². The first-order valence-corrected chi connectivity index (χ1v) is 8.05. The van der Waals surface area contributed by atoms with Crippen LogP contribution in [-0.2, 0) is 20.5 Å². The highest BCUT2D eigenvalue weighted by atomic mass is 32.2. The van der Waals surface area contributed by atoms with Gasteiger partial charge in [-0.2, -0.15) is 0 Å². The highest BCUT2D eigenvalue weighted by molar-refractivity contribution is 7.88. The molecule has 0 saturated carbocycles. The molecule has 1 aromatic carbocycles. The second-order valence-corrected chi connectivity index (χ2v) is 6.76. The first-order valence-electron chi connectivity index (χ1n) is 6.39. The van der Waals surface area contributed by atoms with Gasteiger partial charge in [0.2, 0.25) is 10.0 Å². The minimum Gasteiger partial charge on any atom is -0.394 e. The Hall–Kier alpha value is -1.02. The summed E-state index contributed by atoms with van der Waals surface area (Å²) < 4.78 is 44.9. The SMILES string of the molecule is O=S(=O)(Cc1ccc(F)cc1)NC1(CO)CCOCC1. The van der Waals surface area contributed by atoms with E-state index >= 15 is 0 Å². The van der Waals surface area contributed by atoms with Crippen LogP contribution in [0.1, 0.15) is 18.4 Å². The fraction of sp³-hybridized carbons (Fsp3) is 0.538. The highest BCUT2D eigenvalue weighted by Crippen LogP contribution is 2.22. The fourth-order valence-corrected chi connectivity index (χ4v) is 3.85. The minimum atomic E-state index is -3.61. The van der Waals surface area contributed by atoms with Gasteiger partial charge < -0.3 is 9.84 Å². The number of sulfonamides is 1. The van der Waals surface area contributed by atoms with Gasteiger partial charge in [-0.25, -0.2) is 17.5 Å². The van der Waals surface area contributed by atoms with Crippen molar-refractivity contribution >= 4 is 10.0 Å². The second-order valence-electron chi connectivity index (χ2n) is 5.04. The van der Waals surface area contributed by atoms with Crippen molar-refractivity contribution in [3.63, 3.8) is 0 Å². The van der Waals surface area contributed by atoms with Crippen molar-refractivity contribution in [2.45, 2.75) is 24.1 Å². The molecule has 1 aromatic rings. The molecule has 20 heavy (non-hydrogen) atoms. The number of hydrogen-bond acceptors (Lipinski definition) is 4. The number of aliphatic hydroxyl groups is 1. The van der Waals surface area contributed by atoms with Crippen LogP contribution in [0.25, 0.3) is 0 Å². The number of aliphatic hydroxyl groups excluding tert-OH is 1. The molecule has 7 heteroatoms. The van der Waals surface area contributed by atoms with E-state index < -0.39 is 21.4 Å². The Balaban J connectivity index is 2.08. The largest absolute Gasteiger partial charge is 0.394 e. The molecule has 1 fully saturated rings. The van der Waals surface area contributed by atoms with E-state index in [0.29, 0.717) is 31.6 Å². The number of halogens is 1. The van der Waals surface area contributed by atoms with Crippen molar-refractivity contribution in [1.29, 1.82) is 0 Å². The van der Waals surface area contributed by atoms with E-state index in [0.717, 1.165) is 0 Å². The third-order valence-electron chi connectivity index (χ3n) is 3.39. The van der Waals surface area contributed by atoms with Crippen molar-refractivity contribution in [3.05, 3.63) is 35.6 Å². The number of ether oxygens (including phenoxy) is 1. The summed E-state index contributed by atoms with van der Waals surface area (Å²) >= 11 is 0. The molecule has 112 valence electrons. The first kappa shape index (κ1) is 15.4. The third kappa shape index (κ3) is 3.99. The summed E-state index contributed by atoms with van der Waals surface area (Å²) in [6, 6.07) is 5.32. The predicted molar refractivity (Wildman–Crippen MR) is 72.0 cm³/mol. The topological polar surface area (TPSA) is 75.6 Å². The molecule has 0 amide bonds. The fourth-order valence-electron chi connectivity index (χ4n) is 2.22. The number of nitrogens with one attached hydrogen (secondary N) is 1. The lowest BCUT2D eigenvalue weighted by Crippen LogP contribution is -2.54. The molecular weight excluding hydrogens is 285 g/mol. The zero-order valence-corrected chi connectivity index (χ0v) is 11.8. The Morgan fingerprint density at radius 1 is 1.25 bits per heavy atom. The Morgan fingerprint density at radius 3 is 2.40 bits per heavy atom. The van der Waals surface area contributed by atoms with Crippen LogP contribution in [0.5, 0.6) is 0 Å². The lowest BCUT2D eigenvalue weighted by atomic mass is 9.93. The van der Waals surface area contributed by atoms with Crippen LogP contribution >= 0.6 is 0 Å². The van der Waals surface area contributed by atoms with Gasteiger partial charge >= 0.3 is 0 Å². The van der Waals surface area contributed by atoms with Crippen molar-refractivity contribution in [2.75, 3.05) is 19.8 Å². The lowest BCUT2D eigenvalue weighted by Gasteiger charge is -2.35. The van der Waals surface area contributed by atoms with Gasteiger partial charge in [-0.1, -0.05) is 12.1 Å².